The van der Waals surface area contributed by atoms with Crippen molar-refractivity contribution in [1.29, 1.82) is 0 Å². The standard InChI is InChI=1S/C16H22F3N3O/c17-16(18,19)13-5-3-12(4-6-13)10-22-9-7-14(11-22)21-15(23)2-1-8-20/h3-6,14H,1-2,7-11,20H2,(H,21,23). The highest BCUT2D eigenvalue weighted by atomic mass is 19.4. The molecule has 0 radical (unpaired) electrons. The van der Waals surface area contributed by atoms with Gasteiger partial charge in [-0.15, -0.1) is 0 Å². The summed E-state index contributed by atoms with van der Waals surface area (Å²) < 4.78 is 37.6. The van der Waals surface area contributed by atoms with Gasteiger partial charge < -0.3 is 11.1 Å². The maximum absolute atomic E-state index is 12.5. The van der Waals surface area contributed by atoms with E-state index in [0.717, 1.165) is 37.2 Å². The first-order valence-electron chi connectivity index (χ1n) is 7.76. The molecular formula is C16H22F3N3O. The van der Waals surface area contributed by atoms with Crippen molar-refractivity contribution < 1.29 is 18.0 Å². The Kier molecular flexibility index (Phi) is 6.01. The Bertz CT molecular complexity index is 516. The number of nitrogens with two attached hydrogens (primary N) is 1. The van der Waals surface area contributed by atoms with Crippen molar-refractivity contribution in [3.8, 4) is 0 Å². The van der Waals surface area contributed by atoms with E-state index in [2.05, 4.69) is 10.2 Å². The molecule has 1 saturated heterocycles. The molecule has 1 fully saturated rings. The number of carbonyl (C=O) groups excluding carboxylic acids is 1. The summed E-state index contributed by atoms with van der Waals surface area (Å²) in [5, 5.41) is 2.97. The normalized spacial score (nSPS) is 19.0. The van der Waals surface area contributed by atoms with Gasteiger partial charge in [0, 0.05) is 32.1 Å². The quantitative estimate of drug-likeness (QED) is 0.841. The second-order valence-corrected chi connectivity index (χ2v) is 5.88. The zero-order chi connectivity index (χ0) is 16.9. The van der Waals surface area contributed by atoms with Crippen molar-refractivity contribution >= 4 is 5.91 Å². The topological polar surface area (TPSA) is 58.4 Å². The van der Waals surface area contributed by atoms with E-state index in [1.54, 1.807) is 0 Å². The minimum absolute atomic E-state index is 0.0110. The van der Waals surface area contributed by atoms with Gasteiger partial charge in [-0.05, 0) is 37.1 Å². The van der Waals surface area contributed by atoms with E-state index in [-0.39, 0.29) is 11.9 Å². The maximum atomic E-state index is 12.5. The number of likely N-dealkylation sites (tertiary alicyclic amines) is 1. The Morgan fingerprint density at radius 3 is 2.61 bits per heavy atom. The summed E-state index contributed by atoms with van der Waals surface area (Å²) in [6, 6.07) is 5.34. The number of nitrogens with zero attached hydrogens (tertiary/aromatic N) is 1. The van der Waals surface area contributed by atoms with Gasteiger partial charge in [-0.25, -0.2) is 0 Å². The average Bonchev–Trinajstić information content (AvgIpc) is 2.91. The predicted molar refractivity (Wildman–Crippen MR) is 81.6 cm³/mol. The molecule has 0 aromatic heterocycles. The molecule has 1 aliphatic rings. The zero-order valence-corrected chi connectivity index (χ0v) is 12.9. The number of carbonyl (C=O) groups is 1. The first-order valence-corrected chi connectivity index (χ1v) is 7.76. The Labute approximate surface area is 133 Å². The van der Waals surface area contributed by atoms with Crippen LogP contribution in [-0.4, -0.2) is 36.5 Å². The first kappa shape index (κ1) is 17.7. The van der Waals surface area contributed by atoms with Crippen LogP contribution in [0.1, 0.15) is 30.4 Å². The van der Waals surface area contributed by atoms with Crippen molar-refractivity contribution in [2.24, 2.45) is 5.73 Å². The second-order valence-electron chi connectivity index (χ2n) is 5.88. The van der Waals surface area contributed by atoms with Gasteiger partial charge in [0.25, 0.3) is 0 Å². The number of rotatable bonds is 6. The van der Waals surface area contributed by atoms with Gasteiger partial charge in [-0.1, -0.05) is 12.1 Å². The van der Waals surface area contributed by atoms with Crippen molar-refractivity contribution in [3.63, 3.8) is 0 Å². The molecule has 1 unspecified atom stereocenters. The molecule has 0 spiro atoms. The Morgan fingerprint density at radius 2 is 2.00 bits per heavy atom. The van der Waals surface area contributed by atoms with Crippen molar-refractivity contribution in [2.45, 2.75) is 38.0 Å². The highest BCUT2D eigenvalue weighted by Gasteiger charge is 2.30. The molecule has 1 heterocycles. The van der Waals surface area contributed by atoms with Crippen LogP contribution < -0.4 is 11.1 Å². The van der Waals surface area contributed by atoms with Crippen molar-refractivity contribution in [3.05, 3.63) is 35.4 Å². The lowest BCUT2D eigenvalue weighted by Crippen LogP contribution is -2.37. The largest absolute Gasteiger partial charge is 0.416 e. The minimum atomic E-state index is -4.30. The molecule has 3 N–H and O–H groups in total. The molecule has 0 aliphatic carbocycles. The second kappa shape index (κ2) is 7.79. The maximum Gasteiger partial charge on any atom is 0.416 e. The SMILES string of the molecule is NCCCC(=O)NC1CCN(Cc2ccc(C(F)(F)F)cc2)C1. The van der Waals surface area contributed by atoms with Crippen LogP contribution in [0.4, 0.5) is 13.2 Å². The molecular weight excluding hydrogens is 307 g/mol. The van der Waals surface area contributed by atoms with E-state index < -0.39 is 11.7 Å². The van der Waals surface area contributed by atoms with Crippen LogP contribution in [0, 0.1) is 0 Å². The van der Waals surface area contributed by atoms with E-state index in [0.29, 0.717) is 25.9 Å². The van der Waals surface area contributed by atoms with Gasteiger partial charge in [0.2, 0.25) is 5.91 Å². The molecule has 0 bridgehead atoms. The van der Waals surface area contributed by atoms with Crippen LogP contribution in [0.15, 0.2) is 24.3 Å². The third kappa shape index (κ3) is 5.51. The summed E-state index contributed by atoms with van der Waals surface area (Å²) in [5.74, 6) is 0.0110. The highest BCUT2D eigenvalue weighted by molar-refractivity contribution is 5.76. The molecule has 7 heteroatoms. The van der Waals surface area contributed by atoms with Gasteiger partial charge in [0.15, 0.2) is 0 Å². The fraction of sp³-hybridized carbons (Fsp3) is 0.562. The monoisotopic (exact) mass is 329 g/mol. The number of amides is 1. The highest BCUT2D eigenvalue weighted by Crippen LogP contribution is 2.29. The Hall–Kier alpha value is -1.60. The average molecular weight is 329 g/mol. The molecule has 128 valence electrons. The van der Waals surface area contributed by atoms with Crippen LogP contribution in [0.2, 0.25) is 0 Å². The molecule has 1 aromatic rings. The number of benzene rings is 1. The summed E-state index contributed by atoms with van der Waals surface area (Å²) in [5.41, 5.74) is 5.58. The summed E-state index contributed by atoms with van der Waals surface area (Å²) >= 11 is 0. The van der Waals surface area contributed by atoms with E-state index in [1.807, 2.05) is 0 Å². The van der Waals surface area contributed by atoms with Crippen LogP contribution in [0.25, 0.3) is 0 Å². The predicted octanol–water partition coefficient (Wildman–Crippen LogP) is 2.13. The van der Waals surface area contributed by atoms with E-state index in [1.165, 1.54) is 12.1 Å². The van der Waals surface area contributed by atoms with Gasteiger partial charge in [0.05, 0.1) is 5.56 Å². The summed E-state index contributed by atoms with van der Waals surface area (Å²) in [4.78, 5) is 13.8. The summed E-state index contributed by atoms with van der Waals surface area (Å²) in [7, 11) is 0. The first-order chi connectivity index (χ1) is 10.9. The van der Waals surface area contributed by atoms with Gasteiger partial charge in [-0.2, -0.15) is 13.2 Å². The minimum Gasteiger partial charge on any atom is -0.352 e. The lowest BCUT2D eigenvalue weighted by Gasteiger charge is -2.17. The summed E-state index contributed by atoms with van der Waals surface area (Å²) in [6.07, 6.45) is -2.33. The Morgan fingerprint density at radius 1 is 1.30 bits per heavy atom. The van der Waals surface area contributed by atoms with Gasteiger partial charge in [-0.3, -0.25) is 9.69 Å². The molecule has 2 rings (SSSR count). The van der Waals surface area contributed by atoms with Gasteiger partial charge >= 0.3 is 6.18 Å². The molecule has 1 amide bonds. The van der Waals surface area contributed by atoms with E-state index in [9.17, 15) is 18.0 Å². The van der Waals surface area contributed by atoms with Crippen molar-refractivity contribution in [2.75, 3.05) is 19.6 Å². The smallest absolute Gasteiger partial charge is 0.352 e. The Balaban J connectivity index is 1.80. The van der Waals surface area contributed by atoms with Crippen LogP contribution in [0.5, 0.6) is 0 Å². The lowest BCUT2D eigenvalue weighted by atomic mass is 10.1. The lowest BCUT2D eigenvalue weighted by molar-refractivity contribution is -0.137. The van der Waals surface area contributed by atoms with Crippen LogP contribution in [-0.2, 0) is 17.5 Å². The van der Waals surface area contributed by atoms with E-state index in [4.69, 9.17) is 5.73 Å². The summed E-state index contributed by atoms with van der Waals surface area (Å²) in [6.45, 7) is 2.63. The number of hydrogen-bond acceptors (Lipinski definition) is 3. The van der Waals surface area contributed by atoms with E-state index >= 15 is 0 Å². The molecule has 1 aliphatic heterocycles. The number of alkyl halides is 3. The third-order valence-electron chi connectivity index (χ3n) is 3.93. The fourth-order valence-corrected chi connectivity index (χ4v) is 2.71. The number of hydrogen-bond donors (Lipinski definition) is 2. The van der Waals surface area contributed by atoms with Crippen LogP contribution >= 0.6 is 0 Å². The number of nitrogens with one attached hydrogen (secondary N) is 1. The molecule has 1 aromatic carbocycles. The molecule has 0 saturated carbocycles. The molecule has 4 nitrogen and oxygen atoms in total. The zero-order valence-electron chi connectivity index (χ0n) is 12.9. The van der Waals surface area contributed by atoms with Crippen LogP contribution in [0.3, 0.4) is 0 Å². The number of halogens is 3. The fourth-order valence-electron chi connectivity index (χ4n) is 2.71. The molecule has 1 atom stereocenters. The van der Waals surface area contributed by atoms with Crippen molar-refractivity contribution in [1.82, 2.24) is 10.2 Å². The third-order valence-corrected chi connectivity index (χ3v) is 3.93. The molecule has 23 heavy (non-hydrogen) atoms. The van der Waals surface area contributed by atoms with Gasteiger partial charge in [0.1, 0.15) is 0 Å².